The SMILES string of the molecule is CCc1cc2c(cc1C(C)c1ccccc1)C=C([Si](C)(C)C)C21C(C)(C)CC1(C)C. The number of rotatable bonds is 4. The Hall–Kier alpha value is -1.60. The molecule has 0 nitrogen and oxygen atoms in total. The number of aryl methyl sites for hydroxylation is 1. The molecule has 0 saturated heterocycles. The van der Waals surface area contributed by atoms with Crippen LogP contribution >= 0.6 is 0 Å². The van der Waals surface area contributed by atoms with Gasteiger partial charge in [-0.3, -0.25) is 0 Å². The van der Waals surface area contributed by atoms with Gasteiger partial charge in [0.15, 0.2) is 0 Å². The maximum absolute atomic E-state index is 2.63. The molecule has 2 aliphatic rings. The van der Waals surface area contributed by atoms with Gasteiger partial charge in [-0.2, -0.15) is 0 Å². The molecule has 1 heteroatoms. The minimum atomic E-state index is -1.48. The van der Waals surface area contributed by atoms with E-state index in [4.69, 9.17) is 0 Å². The van der Waals surface area contributed by atoms with E-state index in [1.54, 1.807) is 10.8 Å². The van der Waals surface area contributed by atoms with E-state index in [-0.39, 0.29) is 5.41 Å². The predicted octanol–water partition coefficient (Wildman–Crippen LogP) is 8.37. The summed E-state index contributed by atoms with van der Waals surface area (Å²) in [6.45, 7) is 22.4. The molecule has 0 bridgehead atoms. The highest BCUT2D eigenvalue weighted by molar-refractivity contribution is 6.84. The van der Waals surface area contributed by atoms with Gasteiger partial charge in [0.1, 0.15) is 0 Å². The van der Waals surface area contributed by atoms with Crippen LogP contribution in [0, 0.1) is 10.8 Å². The molecule has 1 fully saturated rings. The molecule has 1 atom stereocenters. The van der Waals surface area contributed by atoms with Crippen LogP contribution in [0.15, 0.2) is 47.7 Å². The van der Waals surface area contributed by atoms with Crippen LogP contribution in [0.4, 0.5) is 0 Å². The monoisotopic (exact) mass is 416 g/mol. The third-order valence-electron chi connectivity index (χ3n) is 8.29. The Morgan fingerprint density at radius 3 is 2.03 bits per heavy atom. The van der Waals surface area contributed by atoms with Crippen molar-refractivity contribution in [1.82, 2.24) is 0 Å². The fraction of sp³-hybridized carbons (Fsp3) is 0.517. The Morgan fingerprint density at radius 2 is 1.53 bits per heavy atom. The zero-order chi connectivity index (χ0) is 22.1. The van der Waals surface area contributed by atoms with Gasteiger partial charge in [-0.25, -0.2) is 0 Å². The Kier molecular flexibility index (Phi) is 4.83. The van der Waals surface area contributed by atoms with Crippen molar-refractivity contribution in [2.24, 2.45) is 10.8 Å². The minimum Gasteiger partial charge on any atom is -0.0691 e. The van der Waals surface area contributed by atoms with Gasteiger partial charge in [-0.05, 0) is 51.5 Å². The molecule has 0 amide bonds. The van der Waals surface area contributed by atoms with Gasteiger partial charge in [-0.15, -0.1) is 0 Å². The first-order chi connectivity index (χ1) is 13.9. The van der Waals surface area contributed by atoms with Gasteiger partial charge in [0.2, 0.25) is 0 Å². The van der Waals surface area contributed by atoms with Crippen LogP contribution in [0.25, 0.3) is 6.08 Å². The molecule has 1 unspecified atom stereocenters. The molecule has 2 aromatic rings. The van der Waals surface area contributed by atoms with Gasteiger partial charge in [-0.1, -0.05) is 115 Å². The summed E-state index contributed by atoms with van der Waals surface area (Å²) in [6, 6.07) is 16.2. The van der Waals surface area contributed by atoms with Gasteiger partial charge >= 0.3 is 0 Å². The summed E-state index contributed by atoms with van der Waals surface area (Å²) >= 11 is 0. The van der Waals surface area contributed by atoms with Crippen LogP contribution in [-0.2, 0) is 11.8 Å². The van der Waals surface area contributed by atoms with Crippen molar-refractivity contribution in [1.29, 1.82) is 0 Å². The lowest BCUT2D eigenvalue weighted by molar-refractivity contribution is -0.0852. The number of hydrogen-bond acceptors (Lipinski definition) is 0. The molecule has 0 heterocycles. The average molecular weight is 417 g/mol. The van der Waals surface area contributed by atoms with Crippen LogP contribution in [0.2, 0.25) is 19.6 Å². The molecule has 0 aromatic heterocycles. The molecule has 2 aromatic carbocycles. The zero-order valence-electron chi connectivity index (χ0n) is 20.6. The first-order valence-corrected chi connectivity index (χ1v) is 15.3. The van der Waals surface area contributed by atoms with E-state index in [9.17, 15) is 0 Å². The maximum atomic E-state index is 2.63. The van der Waals surface area contributed by atoms with Gasteiger partial charge in [0, 0.05) is 11.3 Å². The predicted molar refractivity (Wildman–Crippen MR) is 135 cm³/mol. The second-order valence-corrected chi connectivity index (χ2v) is 17.2. The number of fused-ring (bicyclic) bond motifs is 2. The standard InChI is InChI=1S/C29H40Si/c1-10-21-17-25-23(16-24(21)20(2)22-14-12-11-13-15-22)18-26(30(7,8)9)29(25)27(3,4)19-28(29,5)6/h11-18,20H,10,19H2,1-9H3. The maximum Gasteiger partial charge on any atom is 0.0736 e. The van der Waals surface area contributed by atoms with E-state index in [1.165, 1.54) is 28.7 Å². The molecule has 2 aliphatic carbocycles. The van der Waals surface area contributed by atoms with E-state index in [0.717, 1.165) is 6.42 Å². The van der Waals surface area contributed by atoms with Crippen LogP contribution < -0.4 is 0 Å². The smallest absolute Gasteiger partial charge is 0.0691 e. The van der Waals surface area contributed by atoms with Gasteiger partial charge in [0.25, 0.3) is 0 Å². The first-order valence-electron chi connectivity index (χ1n) is 11.8. The summed E-state index contributed by atoms with van der Waals surface area (Å²) in [7, 11) is -1.48. The van der Waals surface area contributed by atoms with Crippen molar-refractivity contribution in [3.63, 3.8) is 0 Å². The first kappa shape index (κ1) is 21.6. The molecular weight excluding hydrogens is 376 g/mol. The van der Waals surface area contributed by atoms with Crippen molar-refractivity contribution < 1.29 is 0 Å². The molecule has 4 rings (SSSR count). The van der Waals surface area contributed by atoms with Crippen LogP contribution in [0.5, 0.6) is 0 Å². The lowest BCUT2D eigenvalue weighted by Gasteiger charge is -2.69. The summed E-state index contributed by atoms with van der Waals surface area (Å²) in [6.07, 6.45) is 5.02. The third kappa shape index (κ3) is 2.77. The Morgan fingerprint density at radius 1 is 0.933 bits per heavy atom. The number of benzene rings is 2. The van der Waals surface area contributed by atoms with Crippen molar-refractivity contribution in [3.05, 3.63) is 75.5 Å². The van der Waals surface area contributed by atoms with Crippen LogP contribution in [0.1, 0.15) is 81.7 Å². The molecule has 1 saturated carbocycles. The third-order valence-corrected chi connectivity index (χ3v) is 10.4. The van der Waals surface area contributed by atoms with Crippen molar-refractivity contribution in [2.45, 2.75) is 85.4 Å². The molecule has 160 valence electrons. The fourth-order valence-electron chi connectivity index (χ4n) is 7.58. The van der Waals surface area contributed by atoms with Crippen molar-refractivity contribution in [2.75, 3.05) is 0 Å². The summed E-state index contributed by atoms with van der Waals surface area (Å²) in [5.41, 5.74) is 8.41. The molecular formula is C29H40Si. The quantitative estimate of drug-likeness (QED) is 0.439. The number of hydrogen-bond donors (Lipinski definition) is 0. The summed E-state index contributed by atoms with van der Waals surface area (Å²) in [5, 5.41) is 1.78. The molecule has 0 N–H and O–H groups in total. The van der Waals surface area contributed by atoms with E-state index >= 15 is 0 Å². The zero-order valence-corrected chi connectivity index (χ0v) is 21.6. The second-order valence-electron chi connectivity index (χ2n) is 12.1. The molecule has 30 heavy (non-hydrogen) atoms. The topological polar surface area (TPSA) is 0 Å². The highest BCUT2D eigenvalue weighted by Crippen LogP contribution is 2.74. The van der Waals surface area contributed by atoms with E-state index in [1.807, 2.05) is 0 Å². The highest BCUT2D eigenvalue weighted by Gasteiger charge is 2.70. The van der Waals surface area contributed by atoms with Crippen molar-refractivity contribution >= 4 is 14.1 Å². The minimum absolute atomic E-state index is 0.193. The Labute approximate surface area is 185 Å². The fourth-order valence-corrected chi connectivity index (χ4v) is 10.1. The van der Waals surface area contributed by atoms with E-state index in [0.29, 0.717) is 16.7 Å². The largest absolute Gasteiger partial charge is 0.0736 e. The van der Waals surface area contributed by atoms with Crippen LogP contribution in [-0.4, -0.2) is 8.07 Å². The molecule has 0 radical (unpaired) electrons. The van der Waals surface area contributed by atoms with Crippen LogP contribution in [0.3, 0.4) is 0 Å². The average Bonchev–Trinajstić information content (AvgIpc) is 3.04. The second kappa shape index (κ2) is 6.70. The lowest BCUT2D eigenvalue weighted by atomic mass is 9.37. The summed E-state index contributed by atoms with van der Waals surface area (Å²) in [4.78, 5) is 0. The molecule has 0 aliphatic heterocycles. The number of allylic oxidation sites excluding steroid dienone is 1. The van der Waals surface area contributed by atoms with E-state index in [2.05, 4.69) is 110 Å². The molecule has 1 spiro atoms. The van der Waals surface area contributed by atoms with Gasteiger partial charge in [0.05, 0.1) is 8.07 Å². The lowest BCUT2D eigenvalue weighted by Crippen LogP contribution is -2.66. The highest BCUT2D eigenvalue weighted by atomic mass is 28.3. The summed E-state index contributed by atoms with van der Waals surface area (Å²) in [5.74, 6) is 0.425. The normalized spacial score (nSPS) is 21.7. The van der Waals surface area contributed by atoms with E-state index < -0.39 is 8.07 Å². The Balaban J connectivity index is 1.96. The van der Waals surface area contributed by atoms with Gasteiger partial charge < -0.3 is 0 Å². The summed E-state index contributed by atoms with van der Waals surface area (Å²) < 4.78 is 0. The van der Waals surface area contributed by atoms with Crippen molar-refractivity contribution in [3.8, 4) is 0 Å². The Bertz CT molecular complexity index is 985.